The normalized spacial score (nSPS) is 19.0. The van der Waals surface area contributed by atoms with Gasteiger partial charge in [-0.25, -0.2) is 0 Å². The SMILES string of the molecule is O=C(O)CC1(c2ccon2)CC1. The van der Waals surface area contributed by atoms with Crippen LogP contribution >= 0.6 is 0 Å². The van der Waals surface area contributed by atoms with E-state index in [-0.39, 0.29) is 11.8 Å². The minimum Gasteiger partial charge on any atom is -0.481 e. The molecule has 0 spiro atoms. The van der Waals surface area contributed by atoms with Gasteiger partial charge in [-0.1, -0.05) is 5.16 Å². The molecule has 4 heteroatoms. The highest BCUT2D eigenvalue weighted by atomic mass is 16.5. The van der Waals surface area contributed by atoms with E-state index in [4.69, 9.17) is 5.11 Å². The Hall–Kier alpha value is -1.32. The monoisotopic (exact) mass is 167 g/mol. The minimum atomic E-state index is -0.768. The van der Waals surface area contributed by atoms with Gasteiger partial charge in [0.2, 0.25) is 0 Å². The van der Waals surface area contributed by atoms with Crippen molar-refractivity contribution in [3.05, 3.63) is 18.0 Å². The van der Waals surface area contributed by atoms with Gasteiger partial charge in [0.05, 0.1) is 12.1 Å². The van der Waals surface area contributed by atoms with Crippen LogP contribution in [0.25, 0.3) is 0 Å². The standard InChI is InChI=1S/C8H9NO3/c10-7(11)5-8(2-3-8)6-1-4-12-9-6/h1,4H,2-3,5H2,(H,10,11). The molecule has 0 aliphatic heterocycles. The molecule has 4 nitrogen and oxygen atoms in total. The highest BCUT2D eigenvalue weighted by Crippen LogP contribution is 2.50. The van der Waals surface area contributed by atoms with E-state index >= 15 is 0 Å². The molecule has 1 aliphatic carbocycles. The fourth-order valence-electron chi connectivity index (χ4n) is 1.45. The number of carbonyl (C=O) groups is 1. The summed E-state index contributed by atoms with van der Waals surface area (Å²) in [5.41, 5.74) is 0.573. The van der Waals surface area contributed by atoms with Crippen LogP contribution in [0.2, 0.25) is 0 Å². The number of aromatic nitrogens is 1. The summed E-state index contributed by atoms with van der Waals surface area (Å²) in [7, 11) is 0. The van der Waals surface area contributed by atoms with E-state index in [2.05, 4.69) is 9.68 Å². The molecule has 0 radical (unpaired) electrons. The average Bonchev–Trinajstić information content (AvgIpc) is 2.61. The molecule has 0 aromatic carbocycles. The van der Waals surface area contributed by atoms with Gasteiger partial charge in [0.25, 0.3) is 0 Å². The number of nitrogens with zero attached hydrogens (tertiary/aromatic N) is 1. The molecule has 1 fully saturated rings. The van der Waals surface area contributed by atoms with E-state index in [0.717, 1.165) is 18.5 Å². The van der Waals surface area contributed by atoms with E-state index in [0.29, 0.717) is 0 Å². The van der Waals surface area contributed by atoms with Crippen LogP contribution in [0.3, 0.4) is 0 Å². The van der Waals surface area contributed by atoms with Gasteiger partial charge in [-0.3, -0.25) is 4.79 Å². The van der Waals surface area contributed by atoms with Gasteiger partial charge in [-0.2, -0.15) is 0 Å². The van der Waals surface area contributed by atoms with Crippen molar-refractivity contribution in [3.63, 3.8) is 0 Å². The van der Waals surface area contributed by atoms with Gasteiger partial charge in [-0.15, -0.1) is 0 Å². The lowest BCUT2D eigenvalue weighted by Crippen LogP contribution is -2.12. The van der Waals surface area contributed by atoms with Crippen molar-refractivity contribution in [2.75, 3.05) is 0 Å². The summed E-state index contributed by atoms with van der Waals surface area (Å²) in [4.78, 5) is 10.5. The zero-order valence-electron chi connectivity index (χ0n) is 6.49. The predicted octanol–water partition coefficient (Wildman–Crippen LogP) is 1.18. The second-order valence-electron chi connectivity index (χ2n) is 3.24. The molecule has 0 atom stereocenters. The summed E-state index contributed by atoms with van der Waals surface area (Å²) in [6.07, 6.45) is 3.47. The summed E-state index contributed by atoms with van der Waals surface area (Å²) >= 11 is 0. The Balaban J connectivity index is 2.17. The lowest BCUT2D eigenvalue weighted by Gasteiger charge is -2.06. The number of carboxylic acids is 1. The maximum atomic E-state index is 10.5. The fraction of sp³-hybridized carbons (Fsp3) is 0.500. The van der Waals surface area contributed by atoms with E-state index in [1.165, 1.54) is 6.26 Å². The second-order valence-corrected chi connectivity index (χ2v) is 3.24. The van der Waals surface area contributed by atoms with Gasteiger partial charge in [0, 0.05) is 11.5 Å². The predicted molar refractivity (Wildman–Crippen MR) is 39.7 cm³/mol. The Morgan fingerprint density at radius 1 is 1.75 bits per heavy atom. The number of aliphatic carboxylic acids is 1. The van der Waals surface area contributed by atoms with Crippen LogP contribution in [0.1, 0.15) is 25.0 Å². The molecule has 1 aromatic rings. The summed E-state index contributed by atoms with van der Waals surface area (Å²) in [6, 6.07) is 1.75. The van der Waals surface area contributed by atoms with E-state index in [1.807, 2.05) is 0 Å². The van der Waals surface area contributed by atoms with Crippen molar-refractivity contribution in [2.24, 2.45) is 0 Å². The van der Waals surface area contributed by atoms with E-state index in [9.17, 15) is 4.79 Å². The molecule has 1 heterocycles. The highest BCUT2D eigenvalue weighted by molar-refractivity contribution is 5.69. The molecule has 12 heavy (non-hydrogen) atoms. The highest BCUT2D eigenvalue weighted by Gasteiger charge is 2.48. The zero-order chi connectivity index (χ0) is 8.60. The first-order chi connectivity index (χ1) is 5.73. The van der Waals surface area contributed by atoms with Gasteiger partial charge < -0.3 is 9.63 Å². The van der Waals surface area contributed by atoms with Crippen LogP contribution in [-0.4, -0.2) is 16.2 Å². The molecule has 0 saturated heterocycles. The Morgan fingerprint density at radius 3 is 2.92 bits per heavy atom. The largest absolute Gasteiger partial charge is 0.481 e. The van der Waals surface area contributed by atoms with Crippen LogP contribution in [0.15, 0.2) is 16.9 Å². The number of carboxylic acid groups (broad SMARTS) is 1. The van der Waals surface area contributed by atoms with Crippen molar-refractivity contribution in [1.82, 2.24) is 5.16 Å². The summed E-state index contributed by atoms with van der Waals surface area (Å²) in [6.45, 7) is 0. The van der Waals surface area contributed by atoms with Crippen LogP contribution in [-0.2, 0) is 10.2 Å². The average molecular weight is 167 g/mol. The van der Waals surface area contributed by atoms with Gasteiger partial charge >= 0.3 is 5.97 Å². The van der Waals surface area contributed by atoms with Crippen LogP contribution < -0.4 is 0 Å². The molecular weight excluding hydrogens is 158 g/mol. The second kappa shape index (κ2) is 2.33. The van der Waals surface area contributed by atoms with Crippen molar-refractivity contribution < 1.29 is 14.4 Å². The summed E-state index contributed by atoms with van der Waals surface area (Å²) in [5.74, 6) is -0.768. The Bertz CT molecular complexity index is 287. The fourth-order valence-corrected chi connectivity index (χ4v) is 1.45. The number of rotatable bonds is 3. The zero-order valence-corrected chi connectivity index (χ0v) is 6.49. The first-order valence-electron chi connectivity index (χ1n) is 3.86. The van der Waals surface area contributed by atoms with Crippen molar-refractivity contribution in [2.45, 2.75) is 24.7 Å². The van der Waals surface area contributed by atoms with Crippen LogP contribution in [0.5, 0.6) is 0 Å². The van der Waals surface area contributed by atoms with Crippen molar-refractivity contribution in [1.29, 1.82) is 0 Å². The van der Waals surface area contributed by atoms with Gasteiger partial charge in [0.15, 0.2) is 0 Å². The quantitative estimate of drug-likeness (QED) is 0.734. The lowest BCUT2D eigenvalue weighted by molar-refractivity contribution is -0.137. The van der Waals surface area contributed by atoms with Gasteiger partial charge in [0.1, 0.15) is 6.26 Å². The number of hydrogen-bond donors (Lipinski definition) is 1. The Kier molecular flexibility index (Phi) is 1.43. The van der Waals surface area contributed by atoms with E-state index in [1.54, 1.807) is 6.07 Å². The molecule has 64 valence electrons. The molecule has 0 bridgehead atoms. The third kappa shape index (κ3) is 1.09. The lowest BCUT2D eigenvalue weighted by atomic mass is 9.99. The van der Waals surface area contributed by atoms with Crippen molar-refractivity contribution in [3.8, 4) is 0 Å². The van der Waals surface area contributed by atoms with Crippen LogP contribution in [0.4, 0.5) is 0 Å². The van der Waals surface area contributed by atoms with Crippen LogP contribution in [0, 0.1) is 0 Å². The molecule has 1 N–H and O–H groups in total. The maximum absolute atomic E-state index is 10.5. The molecule has 1 aromatic heterocycles. The molecule has 1 saturated carbocycles. The third-order valence-corrected chi connectivity index (χ3v) is 2.32. The molecular formula is C8H9NO3. The van der Waals surface area contributed by atoms with Gasteiger partial charge in [-0.05, 0) is 12.8 Å². The third-order valence-electron chi connectivity index (χ3n) is 2.32. The Labute approximate surface area is 69.2 Å². The first kappa shape index (κ1) is 7.34. The first-order valence-corrected chi connectivity index (χ1v) is 3.86. The molecule has 2 rings (SSSR count). The number of hydrogen-bond acceptors (Lipinski definition) is 3. The maximum Gasteiger partial charge on any atom is 0.304 e. The topological polar surface area (TPSA) is 63.3 Å². The molecule has 0 amide bonds. The minimum absolute atomic E-state index is 0.166. The molecule has 1 aliphatic rings. The Morgan fingerprint density at radius 2 is 2.50 bits per heavy atom. The van der Waals surface area contributed by atoms with Crippen molar-refractivity contribution >= 4 is 5.97 Å². The smallest absolute Gasteiger partial charge is 0.304 e. The summed E-state index contributed by atoms with van der Waals surface area (Å²) in [5, 5.41) is 12.4. The van der Waals surface area contributed by atoms with E-state index < -0.39 is 5.97 Å². The summed E-state index contributed by atoms with van der Waals surface area (Å²) < 4.78 is 4.68. The molecule has 0 unspecified atom stereocenters.